The number of piperidine rings is 1. The first-order valence-electron chi connectivity index (χ1n) is 10.5. The molecule has 0 unspecified atom stereocenters. The van der Waals surface area contributed by atoms with Gasteiger partial charge in [-0.3, -0.25) is 4.79 Å². The molecule has 2 fully saturated rings. The van der Waals surface area contributed by atoms with Crippen LogP contribution in [0.1, 0.15) is 30.7 Å². The molecule has 1 aliphatic heterocycles. The van der Waals surface area contributed by atoms with Crippen LogP contribution in [0.3, 0.4) is 0 Å². The SMILES string of the molecule is N#CC1(F)CCN(c2cc3cc(NC(=O)[C@H]4C[C@@H]4c4cncnc4)ncc3cc2Cl)CC1. The summed E-state index contributed by atoms with van der Waals surface area (Å²) in [7, 11) is 0. The Morgan fingerprint density at radius 2 is 1.94 bits per heavy atom. The van der Waals surface area contributed by atoms with E-state index < -0.39 is 5.67 Å². The van der Waals surface area contributed by atoms with Crippen LogP contribution in [0.15, 0.2) is 43.1 Å². The molecule has 2 atom stereocenters. The van der Waals surface area contributed by atoms with E-state index in [1.54, 1.807) is 24.7 Å². The van der Waals surface area contributed by atoms with E-state index in [4.69, 9.17) is 16.9 Å². The summed E-state index contributed by atoms with van der Waals surface area (Å²) in [6.45, 7) is 0.826. The van der Waals surface area contributed by atoms with Gasteiger partial charge in [-0.2, -0.15) is 5.26 Å². The lowest BCUT2D eigenvalue weighted by atomic mass is 9.94. The molecular formula is C23H20ClFN6O. The van der Waals surface area contributed by atoms with Crippen LogP contribution in [-0.4, -0.2) is 39.6 Å². The molecule has 1 saturated heterocycles. The molecule has 7 nitrogen and oxygen atoms in total. The van der Waals surface area contributed by atoms with Gasteiger partial charge in [0.15, 0.2) is 5.67 Å². The van der Waals surface area contributed by atoms with Crippen LogP contribution in [0.25, 0.3) is 10.8 Å². The normalized spacial score (nSPS) is 21.7. The summed E-state index contributed by atoms with van der Waals surface area (Å²) in [6, 6.07) is 7.32. The Hall–Kier alpha value is -3.31. The molecule has 1 N–H and O–H groups in total. The van der Waals surface area contributed by atoms with Gasteiger partial charge in [0.25, 0.3) is 0 Å². The fourth-order valence-electron chi connectivity index (χ4n) is 4.25. The number of rotatable bonds is 4. The van der Waals surface area contributed by atoms with Crippen molar-refractivity contribution in [2.24, 2.45) is 5.92 Å². The predicted molar refractivity (Wildman–Crippen MR) is 119 cm³/mol. The fraction of sp³-hybridized carbons (Fsp3) is 0.348. The molecule has 1 amide bonds. The zero-order valence-electron chi connectivity index (χ0n) is 17.1. The van der Waals surface area contributed by atoms with Gasteiger partial charge in [0, 0.05) is 55.8 Å². The summed E-state index contributed by atoms with van der Waals surface area (Å²) in [5.41, 5.74) is -0.0177. The highest BCUT2D eigenvalue weighted by atomic mass is 35.5. The first kappa shape index (κ1) is 20.6. The minimum absolute atomic E-state index is 0.0771. The van der Waals surface area contributed by atoms with Crippen LogP contribution in [0.2, 0.25) is 5.02 Å². The van der Waals surface area contributed by atoms with Crippen molar-refractivity contribution in [2.45, 2.75) is 30.8 Å². The lowest BCUT2D eigenvalue weighted by Gasteiger charge is -2.34. The van der Waals surface area contributed by atoms with Gasteiger partial charge in [-0.25, -0.2) is 19.3 Å². The van der Waals surface area contributed by atoms with Crippen LogP contribution in [-0.2, 0) is 4.79 Å². The van der Waals surface area contributed by atoms with Gasteiger partial charge in [-0.15, -0.1) is 0 Å². The number of alkyl halides is 1. The molecule has 3 heterocycles. The molecule has 2 aromatic heterocycles. The lowest BCUT2D eigenvalue weighted by molar-refractivity contribution is -0.117. The number of hydrogen-bond donors (Lipinski definition) is 1. The van der Waals surface area contributed by atoms with E-state index >= 15 is 0 Å². The van der Waals surface area contributed by atoms with Crippen molar-refractivity contribution in [2.75, 3.05) is 23.3 Å². The summed E-state index contributed by atoms with van der Waals surface area (Å²) in [5, 5.41) is 14.2. The highest BCUT2D eigenvalue weighted by Crippen LogP contribution is 2.47. The van der Waals surface area contributed by atoms with Crippen molar-refractivity contribution in [3.63, 3.8) is 0 Å². The third-order valence-electron chi connectivity index (χ3n) is 6.27. The second-order valence-electron chi connectivity index (χ2n) is 8.39. The van der Waals surface area contributed by atoms with Gasteiger partial charge in [0.05, 0.1) is 10.7 Å². The van der Waals surface area contributed by atoms with Gasteiger partial charge >= 0.3 is 0 Å². The molecule has 5 rings (SSSR count). The number of benzene rings is 1. The van der Waals surface area contributed by atoms with E-state index in [0.717, 1.165) is 28.4 Å². The Morgan fingerprint density at radius 3 is 2.66 bits per heavy atom. The number of aromatic nitrogens is 3. The minimum atomic E-state index is -1.77. The topological polar surface area (TPSA) is 94.8 Å². The molecule has 1 aromatic carbocycles. The number of fused-ring (bicyclic) bond motifs is 1. The van der Waals surface area contributed by atoms with Gasteiger partial charge in [-0.05, 0) is 41.5 Å². The first-order valence-corrected chi connectivity index (χ1v) is 10.8. The van der Waals surface area contributed by atoms with E-state index in [0.29, 0.717) is 23.9 Å². The van der Waals surface area contributed by atoms with Crippen LogP contribution in [0.4, 0.5) is 15.9 Å². The van der Waals surface area contributed by atoms with Crippen molar-refractivity contribution in [1.29, 1.82) is 5.26 Å². The summed E-state index contributed by atoms with van der Waals surface area (Å²) in [5.74, 6) is 0.411. The number of halogens is 2. The average molecular weight is 451 g/mol. The molecule has 1 aliphatic carbocycles. The average Bonchev–Trinajstić information content (AvgIpc) is 3.61. The number of amides is 1. The van der Waals surface area contributed by atoms with E-state index in [2.05, 4.69) is 20.3 Å². The number of carbonyl (C=O) groups is 1. The maximum absolute atomic E-state index is 14.2. The largest absolute Gasteiger partial charge is 0.370 e. The van der Waals surface area contributed by atoms with Gasteiger partial charge in [0.2, 0.25) is 5.91 Å². The summed E-state index contributed by atoms with van der Waals surface area (Å²) < 4.78 is 14.2. The zero-order valence-corrected chi connectivity index (χ0v) is 17.9. The van der Waals surface area contributed by atoms with Crippen LogP contribution in [0.5, 0.6) is 0 Å². The number of carbonyl (C=O) groups excluding carboxylic acids is 1. The van der Waals surface area contributed by atoms with Crippen molar-refractivity contribution >= 4 is 39.8 Å². The Morgan fingerprint density at radius 1 is 1.19 bits per heavy atom. The number of nitriles is 1. The van der Waals surface area contributed by atoms with E-state index in [9.17, 15) is 9.18 Å². The molecule has 1 saturated carbocycles. The van der Waals surface area contributed by atoms with Crippen LogP contribution < -0.4 is 10.2 Å². The highest BCUT2D eigenvalue weighted by Gasteiger charge is 2.44. The fourth-order valence-corrected chi connectivity index (χ4v) is 4.54. The number of anilines is 2. The van der Waals surface area contributed by atoms with Crippen molar-refractivity contribution in [1.82, 2.24) is 15.0 Å². The van der Waals surface area contributed by atoms with E-state index in [1.165, 1.54) is 6.33 Å². The molecule has 3 aromatic rings. The maximum atomic E-state index is 14.2. The molecule has 0 spiro atoms. The molecule has 2 aliphatic rings. The maximum Gasteiger partial charge on any atom is 0.229 e. The molecule has 9 heteroatoms. The van der Waals surface area contributed by atoms with Crippen molar-refractivity contribution in [3.05, 3.63) is 53.7 Å². The molecule has 0 radical (unpaired) electrons. The Labute approximate surface area is 189 Å². The van der Waals surface area contributed by atoms with E-state index in [-0.39, 0.29) is 30.6 Å². The third-order valence-corrected chi connectivity index (χ3v) is 6.57. The Bertz CT molecular complexity index is 1220. The monoisotopic (exact) mass is 450 g/mol. The molecule has 162 valence electrons. The number of nitrogens with one attached hydrogen (secondary N) is 1. The van der Waals surface area contributed by atoms with Crippen LogP contribution >= 0.6 is 11.6 Å². The van der Waals surface area contributed by atoms with E-state index in [1.807, 2.05) is 23.1 Å². The minimum Gasteiger partial charge on any atom is -0.370 e. The number of pyridine rings is 1. The van der Waals surface area contributed by atoms with Gasteiger partial charge in [0.1, 0.15) is 18.2 Å². The second kappa shape index (κ2) is 7.99. The molecular weight excluding hydrogens is 431 g/mol. The third kappa shape index (κ3) is 3.96. The number of nitrogens with zero attached hydrogens (tertiary/aromatic N) is 5. The van der Waals surface area contributed by atoms with Crippen molar-refractivity contribution in [3.8, 4) is 6.07 Å². The van der Waals surface area contributed by atoms with Crippen molar-refractivity contribution < 1.29 is 9.18 Å². The number of hydrogen-bond acceptors (Lipinski definition) is 6. The quantitative estimate of drug-likeness (QED) is 0.638. The first-order chi connectivity index (χ1) is 15.5. The molecule has 32 heavy (non-hydrogen) atoms. The predicted octanol–water partition coefficient (Wildman–Crippen LogP) is 4.25. The lowest BCUT2D eigenvalue weighted by Crippen LogP contribution is -2.41. The summed E-state index contributed by atoms with van der Waals surface area (Å²) in [6.07, 6.45) is 7.69. The van der Waals surface area contributed by atoms with Gasteiger partial charge < -0.3 is 10.2 Å². The molecule has 0 bridgehead atoms. The summed E-state index contributed by atoms with van der Waals surface area (Å²) in [4.78, 5) is 27.1. The highest BCUT2D eigenvalue weighted by molar-refractivity contribution is 6.34. The van der Waals surface area contributed by atoms with Crippen LogP contribution in [0, 0.1) is 17.2 Å². The second-order valence-corrected chi connectivity index (χ2v) is 8.80. The Kier molecular flexibility index (Phi) is 5.14. The zero-order chi connectivity index (χ0) is 22.3. The standard InChI is InChI=1S/C23H20ClFN6O/c24-19-5-15-11-29-21(30-22(32)18-8-17(18)16-9-27-13-28-10-16)7-14(15)6-20(19)31-3-1-23(25,12-26)2-4-31/h5-7,9-11,13,17-18H,1-4,8H2,(H,29,30,32)/t17-,18+/m1/s1. The summed E-state index contributed by atoms with van der Waals surface area (Å²) >= 11 is 6.48. The Balaban J connectivity index is 1.32. The smallest absolute Gasteiger partial charge is 0.229 e. The van der Waals surface area contributed by atoms with Gasteiger partial charge in [-0.1, -0.05) is 11.6 Å².